The Labute approximate surface area is 200 Å². The zero-order chi connectivity index (χ0) is 24.5. The van der Waals surface area contributed by atoms with Gasteiger partial charge in [0, 0.05) is 37.3 Å². The number of carboxylic acids is 1. The molecular formula is C25H30N4O4S. The van der Waals surface area contributed by atoms with Gasteiger partial charge in [-0.1, -0.05) is 13.0 Å². The van der Waals surface area contributed by atoms with Gasteiger partial charge in [-0.15, -0.1) is 0 Å². The standard InChI is InChI=1S/C25H30N4O4S/c1-4-9-28-10-12-29(13-11-28)24-16-22(25(30)31)21-15-19(6-8-23(21)26-24)27-34(32,33)20-7-5-17(2)18(3)14-20/h5-8,14-16,27H,4,9-13H2,1-3H3,(H,30,31). The van der Waals surface area contributed by atoms with Crippen LogP contribution in [0.1, 0.15) is 34.8 Å². The van der Waals surface area contributed by atoms with E-state index in [4.69, 9.17) is 4.98 Å². The second kappa shape index (κ2) is 9.60. The summed E-state index contributed by atoms with van der Waals surface area (Å²) in [6, 6.07) is 11.3. The predicted molar refractivity (Wildman–Crippen MR) is 134 cm³/mol. The predicted octanol–water partition coefficient (Wildman–Crippen LogP) is 3.88. The molecule has 1 fully saturated rings. The molecule has 0 radical (unpaired) electrons. The zero-order valence-corrected chi connectivity index (χ0v) is 20.5. The Bertz CT molecular complexity index is 1330. The van der Waals surface area contributed by atoms with Crippen molar-refractivity contribution in [2.45, 2.75) is 32.1 Å². The number of aromatic carboxylic acids is 1. The number of hydrogen-bond acceptors (Lipinski definition) is 6. The number of anilines is 2. The Kier molecular flexibility index (Phi) is 6.77. The summed E-state index contributed by atoms with van der Waals surface area (Å²) in [6.45, 7) is 10.4. The van der Waals surface area contributed by atoms with Crippen LogP contribution in [0, 0.1) is 13.8 Å². The number of piperazine rings is 1. The second-order valence-corrected chi connectivity index (χ2v) is 10.4. The number of aromatic nitrogens is 1. The van der Waals surface area contributed by atoms with Crippen LogP contribution in [0.15, 0.2) is 47.4 Å². The van der Waals surface area contributed by atoms with Crippen molar-refractivity contribution in [2.75, 3.05) is 42.3 Å². The third-order valence-corrected chi connectivity index (χ3v) is 7.68. The molecule has 1 aliphatic heterocycles. The van der Waals surface area contributed by atoms with Crippen LogP contribution in [-0.4, -0.2) is 62.1 Å². The molecule has 0 bridgehead atoms. The molecule has 0 atom stereocenters. The van der Waals surface area contributed by atoms with E-state index in [9.17, 15) is 18.3 Å². The summed E-state index contributed by atoms with van der Waals surface area (Å²) in [5.74, 6) is -0.447. The fraction of sp³-hybridized carbons (Fsp3) is 0.360. The number of nitrogens with zero attached hydrogens (tertiary/aromatic N) is 3. The second-order valence-electron chi connectivity index (χ2n) is 8.75. The van der Waals surface area contributed by atoms with E-state index >= 15 is 0 Å². The maximum atomic E-state index is 12.9. The van der Waals surface area contributed by atoms with Crippen LogP contribution in [0.2, 0.25) is 0 Å². The first-order chi connectivity index (χ1) is 16.2. The van der Waals surface area contributed by atoms with Crippen molar-refractivity contribution in [2.24, 2.45) is 0 Å². The average molecular weight is 483 g/mol. The number of aryl methyl sites for hydroxylation is 2. The highest BCUT2D eigenvalue weighted by Gasteiger charge is 2.21. The van der Waals surface area contributed by atoms with E-state index in [0.29, 0.717) is 16.7 Å². The molecule has 180 valence electrons. The summed E-state index contributed by atoms with van der Waals surface area (Å²) in [7, 11) is -3.82. The van der Waals surface area contributed by atoms with Crippen molar-refractivity contribution in [1.82, 2.24) is 9.88 Å². The molecule has 3 aromatic rings. The van der Waals surface area contributed by atoms with Gasteiger partial charge in [0.1, 0.15) is 5.82 Å². The third-order valence-electron chi connectivity index (χ3n) is 6.30. The normalized spacial score (nSPS) is 15.0. The Balaban J connectivity index is 1.64. The van der Waals surface area contributed by atoms with Crippen molar-refractivity contribution in [3.8, 4) is 0 Å². The first-order valence-electron chi connectivity index (χ1n) is 11.4. The Hall–Kier alpha value is -3.17. The molecule has 0 amide bonds. The van der Waals surface area contributed by atoms with E-state index in [1.54, 1.807) is 36.4 Å². The SMILES string of the molecule is CCCN1CCN(c2cc(C(=O)O)c3cc(NS(=O)(=O)c4ccc(C)c(C)c4)ccc3n2)CC1. The Morgan fingerprint density at radius 1 is 1.03 bits per heavy atom. The Morgan fingerprint density at radius 3 is 2.41 bits per heavy atom. The Morgan fingerprint density at radius 2 is 1.76 bits per heavy atom. The minimum Gasteiger partial charge on any atom is -0.478 e. The lowest BCUT2D eigenvalue weighted by molar-refractivity contribution is 0.0699. The molecule has 0 unspecified atom stereocenters. The number of rotatable bonds is 7. The molecule has 0 spiro atoms. The number of nitrogens with one attached hydrogen (secondary N) is 1. The average Bonchev–Trinajstić information content (AvgIpc) is 2.80. The molecule has 0 saturated carbocycles. The van der Waals surface area contributed by atoms with E-state index in [-0.39, 0.29) is 16.1 Å². The van der Waals surface area contributed by atoms with Gasteiger partial charge in [-0.05, 0) is 74.3 Å². The van der Waals surface area contributed by atoms with E-state index in [0.717, 1.165) is 50.3 Å². The van der Waals surface area contributed by atoms with Crippen LogP contribution in [0.25, 0.3) is 10.9 Å². The minimum absolute atomic E-state index is 0.100. The van der Waals surface area contributed by atoms with Crippen molar-refractivity contribution < 1.29 is 18.3 Å². The van der Waals surface area contributed by atoms with Gasteiger partial charge < -0.3 is 10.0 Å². The number of sulfonamides is 1. The minimum atomic E-state index is -3.82. The highest BCUT2D eigenvalue weighted by Crippen LogP contribution is 2.28. The van der Waals surface area contributed by atoms with Crippen LogP contribution in [0.5, 0.6) is 0 Å². The first-order valence-corrected chi connectivity index (χ1v) is 12.9. The highest BCUT2D eigenvalue weighted by atomic mass is 32.2. The zero-order valence-electron chi connectivity index (χ0n) is 19.7. The molecule has 2 aromatic carbocycles. The number of fused-ring (bicyclic) bond motifs is 1. The summed E-state index contributed by atoms with van der Waals surface area (Å²) >= 11 is 0. The van der Waals surface area contributed by atoms with Gasteiger partial charge in [-0.25, -0.2) is 18.2 Å². The smallest absolute Gasteiger partial charge is 0.336 e. The number of pyridine rings is 1. The van der Waals surface area contributed by atoms with E-state index in [2.05, 4.69) is 21.4 Å². The van der Waals surface area contributed by atoms with Gasteiger partial charge in [0.05, 0.1) is 16.0 Å². The van der Waals surface area contributed by atoms with Gasteiger partial charge in [-0.2, -0.15) is 0 Å². The first kappa shape index (κ1) is 24.0. The quantitative estimate of drug-likeness (QED) is 0.527. The topological polar surface area (TPSA) is 103 Å². The third kappa shape index (κ3) is 5.00. The fourth-order valence-corrected chi connectivity index (χ4v) is 5.36. The molecule has 4 rings (SSSR count). The largest absolute Gasteiger partial charge is 0.478 e. The molecule has 8 nitrogen and oxygen atoms in total. The van der Waals surface area contributed by atoms with Crippen LogP contribution in [0.3, 0.4) is 0 Å². The van der Waals surface area contributed by atoms with Gasteiger partial charge in [0.25, 0.3) is 10.0 Å². The molecule has 1 saturated heterocycles. The summed E-state index contributed by atoms with van der Waals surface area (Å²) in [5.41, 5.74) is 2.78. The molecule has 9 heteroatoms. The summed E-state index contributed by atoms with van der Waals surface area (Å²) in [5, 5.41) is 10.3. The van der Waals surface area contributed by atoms with Crippen molar-refractivity contribution >= 4 is 38.4 Å². The highest BCUT2D eigenvalue weighted by molar-refractivity contribution is 7.92. The lowest BCUT2D eigenvalue weighted by atomic mass is 10.1. The van der Waals surface area contributed by atoms with Crippen LogP contribution >= 0.6 is 0 Å². The molecular weight excluding hydrogens is 452 g/mol. The van der Waals surface area contributed by atoms with E-state index < -0.39 is 16.0 Å². The number of carboxylic acid groups (broad SMARTS) is 1. The number of benzene rings is 2. The molecule has 1 aromatic heterocycles. The van der Waals surface area contributed by atoms with Gasteiger partial charge in [0.2, 0.25) is 0 Å². The monoisotopic (exact) mass is 482 g/mol. The van der Waals surface area contributed by atoms with Crippen molar-refractivity contribution in [1.29, 1.82) is 0 Å². The lowest BCUT2D eigenvalue weighted by Gasteiger charge is -2.35. The molecule has 0 aliphatic carbocycles. The van der Waals surface area contributed by atoms with Crippen molar-refractivity contribution in [3.63, 3.8) is 0 Å². The van der Waals surface area contributed by atoms with E-state index in [1.807, 2.05) is 13.8 Å². The summed E-state index contributed by atoms with van der Waals surface area (Å²) in [6.07, 6.45) is 1.10. The molecule has 1 aliphatic rings. The number of carbonyl (C=O) groups is 1. The van der Waals surface area contributed by atoms with Crippen LogP contribution < -0.4 is 9.62 Å². The van der Waals surface area contributed by atoms with Crippen LogP contribution in [-0.2, 0) is 10.0 Å². The van der Waals surface area contributed by atoms with E-state index in [1.165, 1.54) is 6.07 Å². The molecule has 2 N–H and O–H groups in total. The summed E-state index contributed by atoms with van der Waals surface area (Å²) < 4.78 is 28.4. The van der Waals surface area contributed by atoms with Crippen LogP contribution in [0.4, 0.5) is 11.5 Å². The molecule has 2 heterocycles. The number of hydrogen-bond donors (Lipinski definition) is 2. The van der Waals surface area contributed by atoms with Crippen molar-refractivity contribution in [3.05, 3.63) is 59.2 Å². The van der Waals surface area contributed by atoms with Gasteiger partial charge in [0.15, 0.2) is 0 Å². The lowest BCUT2D eigenvalue weighted by Crippen LogP contribution is -2.46. The maximum absolute atomic E-state index is 12.9. The van der Waals surface area contributed by atoms with Gasteiger partial charge in [-0.3, -0.25) is 9.62 Å². The van der Waals surface area contributed by atoms with Gasteiger partial charge >= 0.3 is 5.97 Å². The maximum Gasteiger partial charge on any atom is 0.336 e. The summed E-state index contributed by atoms with van der Waals surface area (Å²) in [4.78, 5) is 21.4. The fourth-order valence-electron chi connectivity index (χ4n) is 4.23. The molecule has 34 heavy (non-hydrogen) atoms.